The number of aromatic amines is 1. The summed E-state index contributed by atoms with van der Waals surface area (Å²) in [4.78, 5) is 5.83. The maximum Gasteiger partial charge on any atom is 0.125 e. The van der Waals surface area contributed by atoms with E-state index in [1.807, 2.05) is 12.1 Å². The van der Waals surface area contributed by atoms with Gasteiger partial charge < -0.3 is 4.98 Å². The van der Waals surface area contributed by atoms with E-state index in [0.717, 1.165) is 37.0 Å². The molecule has 1 aliphatic rings. The molecule has 2 heterocycles. The Kier molecular flexibility index (Phi) is 4.19. The minimum absolute atomic E-state index is 0. The molecule has 2 nitrogen and oxygen atoms in total. The van der Waals surface area contributed by atoms with Gasteiger partial charge in [-0.05, 0) is 29.3 Å². The van der Waals surface area contributed by atoms with Crippen LogP contribution < -0.4 is 0 Å². The van der Waals surface area contributed by atoms with Gasteiger partial charge in [0.15, 0.2) is 0 Å². The first-order chi connectivity index (χ1) is 10.3. The van der Waals surface area contributed by atoms with Crippen LogP contribution >= 0.6 is 12.4 Å². The molecule has 2 aromatic carbocycles. The van der Waals surface area contributed by atoms with Crippen LogP contribution in [-0.2, 0) is 19.5 Å². The molecular formula is C18H18ClFN2. The van der Waals surface area contributed by atoms with Crippen LogP contribution in [0.15, 0.2) is 48.5 Å². The smallest absolute Gasteiger partial charge is 0.125 e. The summed E-state index contributed by atoms with van der Waals surface area (Å²) in [6, 6.07) is 15.6. The molecule has 4 heteroatoms. The van der Waals surface area contributed by atoms with Gasteiger partial charge >= 0.3 is 0 Å². The Morgan fingerprint density at radius 1 is 1.09 bits per heavy atom. The van der Waals surface area contributed by atoms with Gasteiger partial charge in [-0.25, -0.2) is 4.39 Å². The van der Waals surface area contributed by atoms with Gasteiger partial charge in [-0.2, -0.15) is 0 Å². The van der Waals surface area contributed by atoms with E-state index in [0.29, 0.717) is 0 Å². The Balaban J connectivity index is 0.00000144. The average molecular weight is 317 g/mol. The molecule has 0 radical (unpaired) electrons. The zero-order valence-electron chi connectivity index (χ0n) is 12.2. The summed E-state index contributed by atoms with van der Waals surface area (Å²) >= 11 is 0. The van der Waals surface area contributed by atoms with Gasteiger partial charge in [0.25, 0.3) is 0 Å². The quantitative estimate of drug-likeness (QED) is 0.747. The van der Waals surface area contributed by atoms with E-state index in [1.54, 1.807) is 12.1 Å². The van der Waals surface area contributed by atoms with Crippen LogP contribution in [0.3, 0.4) is 0 Å². The fraction of sp³-hybridized carbons (Fsp3) is 0.222. The van der Waals surface area contributed by atoms with Crippen molar-refractivity contribution in [3.05, 3.63) is 71.2 Å². The van der Waals surface area contributed by atoms with Crippen LogP contribution in [0.25, 0.3) is 10.9 Å². The van der Waals surface area contributed by atoms with Crippen molar-refractivity contribution >= 4 is 23.3 Å². The second kappa shape index (κ2) is 6.11. The van der Waals surface area contributed by atoms with Crippen molar-refractivity contribution in [1.82, 2.24) is 9.88 Å². The van der Waals surface area contributed by atoms with Crippen LogP contribution in [0, 0.1) is 5.82 Å². The van der Waals surface area contributed by atoms with Gasteiger partial charge in [-0.3, -0.25) is 4.90 Å². The lowest BCUT2D eigenvalue weighted by Gasteiger charge is -2.27. The van der Waals surface area contributed by atoms with E-state index < -0.39 is 0 Å². The van der Waals surface area contributed by atoms with Crippen molar-refractivity contribution in [2.75, 3.05) is 6.54 Å². The van der Waals surface area contributed by atoms with Crippen LogP contribution in [-0.4, -0.2) is 16.4 Å². The summed E-state index contributed by atoms with van der Waals surface area (Å²) in [5, 5.41) is 1.16. The summed E-state index contributed by atoms with van der Waals surface area (Å²) in [6.45, 7) is 2.93. The van der Waals surface area contributed by atoms with Gasteiger partial charge in [0.1, 0.15) is 5.82 Å². The number of fused-ring (bicyclic) bond motifs is 3. The molecule has 0 aliphatic carbocycles. The molecule has 0 atom stereocenters. The van der Waals surface area contributed by atoms with E-state index in [2.05, 4.69) is 34.1 Å². The highest BCUT2D eigenvalue weighted by atomic mass is 35.5. The standard InChI is InChI=1S/C18H17FN2.ClH/c19-14-6-7-15-16-12-21(11-13-4-2-1-3-5-13)9-8-17(16)20-18(15)10-14;/h1-7,10,20H,8-9,11-12H2;1H. The van der Waals surface area contributed by atoms with Crippen molar-refractivity contribution in [3.63, 3.8) is 0 Å². The number of H-pyrrole nitrogens is 1. The van der Waals surface area contributed by atoms with E-state index in [9.17, 15) is 4.39 Å². The van der Waals surface area contributed by atoms with Crippen LogP contribution in [0.2, 0.25) is 0 Å². The van der Waals surface area contributed by atoms with Crippen molar-refractivity contribution in [2.24, 2.45) is 0 Å². The van der Waals surface area contributed by atoms with Gasteiger partial charge in [0.05, 0.1) is 0 Å². The lowest BCUT2D eigenvalue weighted by atomic mass is 10.0. The van der Waals surface area contributed by atoms with Gasteiger partial charge in [0.2, 0.25) is 0 Å². The molecular weight excluding hydrogens is 299 g/mol. The number of halogens is 2. The highest BCUT2D eigenvalue weighted by molar-refractivity contribution is 5.85. The number of benzene rings is 2. The molecule has 0 unspecified atom stereocenters. The topological polar surface area (TPSA) is 19.0 Å². The molecule has 0 amide bonds. The molecule has 22 heavy (non-hydrogen) atoms. The minimum atomic E-state index is -0.178. The highest BCUT2D eigenvalue weighted by Crippen LogP contribution is 2.28. The third-order valence-corrected chi connectivity index (χ3v) is 4.27. The van der Waals surface area contributed by atoms with E-state index in [1.165, 1.54) is 16.8 Å². The molecule has 0 bridgehead atoms. The number of nitrogens with one attached hydrogen (secondary N) is 1. The molecule has 0 fully saturated rings. The van der Waals surface area contributed by atoms with E-state index in [4.69, 9.17) is 0 Å². The fourth-order valence-electron chi connectivity index (χ4n) is 3.23. The zero-order valence-corrected chi connectivity index (χ0v) is 13.0. The molecule has 4 rings (SSSR count). The van der Waals surface area contributed by atoms with Crippen molar-refractivity contribution in [1.29, 1.82) is 0 Å². The molecule has 0 spiro atoms. The summed E-state index contributed by atoms with van der Waals surface area (Å²) in [5.74, 6) is -0.178. The largest absolute Gasteiger partial charge is 0.358 e. The maximum atomic E-state index is 13.3. The van der Waals surface area contributed by atoms with Gasteiger partial charge in [-0.15, -0.1) is 12.4 Å². The zero-order chi connectivity index (χ0) is 14.2. The average Bonchev–Trinajstić information content (AvgIpc) is 2.85. The summed E-state index contributed by atoms with van der Waals surface area (Å²) in [6.07, 6.45) is 0.998. The molecule has 114 valence electrons. The first-order valence-electron chi connectivity index (χ1n) is 7.35. The molecule has 1 aromatic heterocycles. The lowest BCUT2D eigenvalue weighted by molar-refractivity contribution is 0.245. The third kappa shape index (κ3) is 2.74. The molecule has 0 saturated carbocycles. The highest BCUT2D eigenvalue weighted by Gasteiger charge is 2.20. The Bertz CT molecular complexity index is 782. The van der Waals surface area contributed by atoms with Gasteiger partial charge in [-0.1, -0.05) is 30.3 Å². The summed E-state index contributed by atoms with van der Waals surface area (Å²) in [7, 11) is 0. The minimum Gasteiger partial charge on any atom is -0.358 e. The Hall–Kier alpha value is -1.84. The number of hydrogen-bond donors (Lipinski definition) is 1. The van der Waals surface area contributed by atoms with Gasteiger partial charge in [0, 0.05) is 42.7 Å². The van der Waals surface area contributed by atoms with E-state index >= 15 is 0 Å². The summed E-state index contributed by atoms with van der Waals surface area (Å²) < 4.78 is 13.3. The van der Waals surface area contributed by atoms with Crippen LogP contribution in [0.1, 0.15) is 16.8 Å². The predicted octanol–water partition coefficient (Wildman–Crippen LogP) is 4.29. The molecule has 0 saturated heterocycles. The lowest BCUT2D eigenvalue weighted by Crippen LogP contribution is -2.29. The molecule has 1 aliphatic heterocycles. The number of nitrogens with zero attached hydrogens (tertiary/aromatic N) is 1. The number of rotatable bonds is 2. The Morgan fingerprint density at radius 2 is 1.91 bits per heavy atom. The second-order valence-electron chi connectivity index (χ2n) is 5.72. The number of aromatic nitrogens is 1. The monoisotopic (exact) mass is 316 g/mol. The molecule has 3 aromatic rings. The van der Waals surface area contributed by atoms with Crippen LogP contribution in [0.4, 0.5) is 4.39 Å². The first kappa shape index (κ1) is 15.1. The predicted molar refractivity (Wildman–Crippen MR) is 89.8 cm³/mol. The Labute approximate surface area is 135 Å². The number of hydrogen-bond acceptors (Lipinski definition) is 1. The maximum absolute atomic E-state index is 13.3. The van der Waals surface area contributed by atoms with Crippen molar-refractivity contribution in [2.45, 2.75) is 19.5 Å². The van der Waals surface area contributed by atoms with E-state index in [-0.39, 0.29) is 18.2 Å². The normalized spacial score (nSPS) is 14.6. The SMILES string of the molecule is Cl.Fc1ccc2c3c([nH]c2c1)CCN(Cc1ccccc1)C3. The first-order valence-corrected chi connectivity index (χ1v) is 7.35. The molecule has 1 N–H and O–H groups in total. The third-order valence-electron chi connectivity index (χ3n) is 4.27. The Morgan fingerprint density at radius 3 is 2.73 bits per heavy atom. The van der Waals surface area contributed by atoms with Crippen molar-refractivity contribution < 1.29 is 4.39 Å². The summed E-state index contributed by atoms with van der Waals surface area (Å²) in [5.41, 5.74) is 4.85. The second-order valence-corrected chi connectivity index (χ2v) is 5.72. The fourth-order valence-corrected chi connectivity index (χ4v) is 3.23. The van der Waals surface area contributed by atoms with Crippen molar-refractivity contribution in [3.8, 4) is 0 Å². The van der Waals surface area contributed by atoms with Crippen LogP contribution in [0.5, 0.6) is 0 Å².